The highest BCUT2D eigenvalue weighted by Crippen LogP contribution is 2.52. The van der Waals surface area contributed by atoms with Crippen molar-refractivity contribution in [3.63, 3.8) is 0 Å². The van der Waals surface area contributed by atoms with Crippen LogP contribution in [0.5, 0.6) is 0 Å². The number of allylic oxidation sites excluding steroid dienone is 1. The van der Waals surface area contributed by atoms with Gasteiger partial charge in [0.05, 0.1) is 5.70 Å². The minimum absolute atomic E-state index is 0.214. The van der Waals surface area contributed by atoms with Crippen LogP contribution < -0.4 is 5.73 Å². The van der Waals surface area contributed by atoms with Gasteiger partial charge in [-0.05, 0) is 17.7 Å². The van der Waals surface area contributed by atoms with Crippen molar-refractivity contribution in [2.45, 2.75) is 11.7 Å². The van der Waals surface area contributed by atoms with Crippen molar-refractivity contribution in [1.29, 1.82) is 15.8 Å². The molecule has 1 aliphatic rings. The second-order valence-electron chi connectivity index (χ2n) is 3.91. The van der Waals surface area contributed by atoms with Gasteiger partial charge >= 0.3 is 0 Å². The fraction of sp³-hybridized carbons (Fsp3) is 0.154. The fourth-order valence-corrected chi connectivity index (χ4v) is 1.77. The first-order valence-corrected chi connectivity index (χ1v) is 5.24. The second kappa shape index (κ2) is 4.42. The van der Waals surface area contributed by atoms with Crippen molar-refractivity contribution in [1.82, 2.24) is 0 Å². The first kappa shape index (κ1) is 12.6. The number of hydrogen-bond acceptors (Lipinski definition) is 5. The monoisotopic (exact) mass is 254 g/mol. The molecule has 5 nitrogen and oxygen atoms in total. The van der Waals surface area contributed by atoms with E-state index in [0.717, 1.165) is 0 Å². The lowest BCUT2D eigenvalue weighted by Gasteiger charge is -2.04. The Labute approximate surface area is 108 Å². The minimum Gasteiger partial charge on any atom is -0.397 e. The summed E-state index contributed by atoms with van der Waals surface area (Å²) in [5.41, 5.74) is 4.13. The molecule has 1 aromatic carbocycles. The summed E-state index contributed by atoms with van der Waals surface area (Å²) in [6, 6.07) is 10.5. The van der Waals surface area contributed by atoms with Gasteiger partial charge in [0.15, 0.2) is 5.57 Å². The van der Waals surface area contributed by atoms with E-state index in [9.17, 15) is 9.65 Å². The molecule has 6 heteroatoms. The van der Waals surface area contributed by atoms with Gasteiger partial charge in [0.1, 0.15) is 30.1 Å². The van der Waals surface area contributed by atoms with Crippen LogP contribution in [0.3, 0.4) is 0 Å². The van der Waals surface area contributed by atoms with E-state index in [0.29, 0.717) is 5.56 Å². The van der Waals surface area contributed by atoms with E-state index < -0.39 is 17.5 Å². The molecule has 2 N–H and O–H groups in total. The summed E-state index contributed by atoms with van der Waals surface area (Å²) in [6.45, 7) is 0. The van der Waals surface area contributed by atoms with E-state index in [4.69, 9.17) is 21.0 Å². The van der Waals surface area contributed by atoms with Crippen molar-refractivity contribution in [3.8, 4) is 18.2 Å². The summed E-state index contributed by atoms with van der Waals surface area (Å²) in [5.74, 6) is -0.412. The summed E-state index contributed by atoms with van der Waals surface area (Å²) in [5, 5.41) is 26.7. The topological polar surface area (TPSA) is 110 Å². The Kier molecular flexibility index (Phi) is 2.92. The van der Waals surface area contributed by atoms with E-state index in [2.05, 4.69) is 0 Å². The third kappa shape index (κ3) is 1.89. The number of epoxide rings is 1. The van der Waals surface area contributed by atoms with Gasteiger partial charge < -0.3 is 10.5 Å². The molecule has 0 radical (unpaired) electrons. The lowest BCUT2D eigenvalue weighted by Crippen LogP contribution is -2.22. The van der Waals surface area contributed by atoms with Crippen molar-refractivity contribution >= 4 is 0 Å². The molecule has 1 aliphatic heterocycles. The summed E-state index contributed by atoms with van der Waals surface area (Å²) in [4.78, 5) is 0. The molecule has 0 aliphatic carbocycles. The molecule has 0 aromatic heterocycles. The highest BCUT2D eigenvalue weighted by atomic mass is 19.1. The van der Waals surface area contributed by atoms with Gasteiger partial charge in [0.2, 0.25) is 5.60 Å². The Bertz CT molecular complexity index is 659. The number of nitrogens with two attached hydrogens (primary N) is 1. The number of nitriles is 3. The van der Waals surface area contributed by atoms with Gasteiger partial charge in [-0.2, -0.15) is 15.8 Å². The summed E-state index contributed by atoms with van der Waals surface area (Å²) in [6.07, 6.45) is -0.699. The van der Waals surface area contributed by atoms with Crippen LogP contribution in [0.4, 0.5) is 4.39 Å². The van der Waals surface area contributed by atoms with E-state index >= 15 is 0 Å². The van der Waals surface area contributed by atoms with Gasteiger partial charge in [-0.3, -0.25) is 0 Å². The number of ether oxygens (including phenoxy) is 1. The largest absolute Gasteiger partial charge is 0.397 e. The molecule has 2 rings (SSSR count). The van der Waals surface area contributed by atoms with Crippen LogP contribution in [-0.2, 0) is 4.74 Å². The molecule has 1 fully saturated rings. The smallest absolute Gasteiger partial charge is 0.227 e. The Balaban J connectivity index is 2.40. The minimum atomic E-state index is -1.52. The van der Waals surface area contributed by atoms with Gasteiger partial charge in [0, 0.05) is 0 Å². The van der Waals surface area contributed by atoms with Gasteiger partial charge in [-0.15, -0.1) is 0 Å². The quantitative estimate of drug-likeness (QED) is 0.633. The first-order chi connectivity index (χ1) is 9.08. The Morgan fingerprint density at radius 3 is 2.26 bits per heavy atom. The lowest BCUT2D eigenvalue weighted by molar-refractivity contribution is 0.356. The molecule has 2 atom stereocenters. The zero-order valence-corrected chi connectivity index (χ0v) is 9.59. The highest BCUT2D eigenvalue weighted by Gasteiger charge is 2.61. The Morgan fingerprint density at radius 1 is 1.21 bits per heavy atom. The summed E-state index contributed by atoms with van der Waals surface area (Å²) in [7, 11) is 0. The van der Waals surface area contributed by atoms with Crippen LogP contribution in [0.2, 0.25) is 0 Å². The second-order valence-corrected chi connectivity index (χ2v) is 3.91. The predicted octanol–water partition coefficient (Wildman–Crippen LogP) is 1.42. The number of rotatable bonds is 2. The van der Waals surface area contributed by atoms with E-state index in [-0.39, 0.29) is 11.3 Å². The molecule has 0 amide bonds. The lowest BCUT2D eigenvalue weighted by atomic mass is 9.95. The van der Waals surface area contributed by atoms with Crippen LogP contribution in [-0.4, -0.2) is 5.60 Å². The zero-order valence-electron chi connectivity index (χ0n) is 9.59. The maximum absolute atomic E-state index is 12.8. The molecular formula is C13H7FN4O. The number of nitrogens with zero attached hydrogens (tertiary/aromatic N) is 3. The van der Waals surface area contributed by atoms with Crippen molar-refractivity contribution in [2.24, 2.45) is 5.73 Å². The molecular weight excluding hydrogens is 247 g/mol. The molecule has 0 bridgehead atoms. The van der Waals surface area contributed by atoms with Gasteiger partial charge in [-0.1, -0.05) is 12.1 Å². The summed E-state index contributed by atoms with van der Waals surface area (Å²) >= 11 is 0. The number of hydrogen-bond donors (Lipinski definition) is 1. The first-order valence-electron chi connectivity index (χ1n) is 5.24. The highest BCUT2D eigenvalue weighted by molar-refractivity contribution is 5.51. The van der Waals surface area contributed by atoms with Crippen LogP contribution in [0.15, 0.2) is 35.5 Å². The van der Waals surface area contributed by atoms with Crippen LogP contribution in [0.1, 0.15) is 11.7 Å². The van der Waals surface area contributed by atoms with E-state index in [1.165, 1.54) is 24.3 Å². The third-order valence-corrected chi connectivity index (χ3v) is 2.85. The standard InChI is InChI=1S/C13H7FN4O/c14-10-3-1-8(2-4-10)12-13(7-17,19-12)11(18)9(5-15)6-16/h1-4,12H,18H2/t12-,13+/m1/s1. The fourth-order valence-electron chi connectivity index (χ4n) is 1.77. The maximum Gasteiger partial charge on any atom is 0.227 e. The molecule has 1 saturated heterocycles. The zero-order chi connectivity index (χ0) is 14.0. The number of benzene rings is 1. The van der Waals surface area contributed by atoms with Gasteiger partial charge in [-0.25, -0.2) is 4.39 Å². The molecule has 1 aromatic rings. The SMILES string of the molecule is N#CC(C#N)=C(N)[C@]1(C#N)O[C@@H]1c1ccc(F)cc1. The molecule has 0 unspecified atom stereocenters. The predicted molar refractivity (Wildman–Crippen MR) is 61.0 cm³/mol. The third-order valence-electron chi connectivity index (χ3n) is 2.85. The molecule has 92 valence electrons. The van der Waals surface area contributed by atoms with Crippen LogP contribution >= 0.6 is 0 Å². The Hall–Kier alpha value is -2.88. The average Bonchev–Trinajstić information content (AvgIpc) is 3.17. The van der Waals surface area contributed by atoms with Gasteiger partial charge in [0.25, 0.3) is 0 Å². The van der Waals surface area contributed by atoms with Crippen molar-refractivity contribution in [3.05, 3.63) is 46.9 Å². The molecule has 0 spiro atoms. The van der Waals surface area contributed by atoms with E-state index in [1.807, 2.05) is 6.07 Å². The van der Waals surface area contributed by atoms with Crippen molar-refractivity contribution in [2.75, 3.05) is 0 Å². The Morgan fingerprint density at radius 2 is 1.79 bits per heavy atom. The average molecular weight is 254 g/mol. The molecule has 19 heavy (non-hydrogen) atoms. The normalized spacial score (nSPS) is 23.6. The molecule has 1 heterocycles. The van der Waals surface area contributed by atoms with Crippen molar-refractivity contribution < 1.29 is 9.13 Å². The van der Waals surface area contributed by atoms with E-state index in [1.54, 1.807) is 12.1 Å². The van der Waals surface area contributed by atoms with Crippen LogP contribution in [0.25, 0.3) is 0 Å². The molecule has 0 saturated carbocycles. The maximum atomic E-state index is 12.8. The summed E-state index contributed by atoms with van der Waals surface area (Å²) < 4.78 is 18.1. The number of halogens is 1. The van der Waals surface area contributed by atoms with Crippen LogP contribution in [0, 0.1) is 39.8 Å².